The number of hydrogen-bond acceptors (Lipinski definition) is 4. The fourth-order valence-electron chi connectivity index (χ4n) is 2.17. The molecule has 2 aromatic carbocycles. The minimum Gasteiger partial charge on any atom is -0.381 e. The quantitative estimate of drug-likeness (QED) is 0.721. The third kappa shape index (κ3) is 4.11. The van der Waals surface area contributed by atoms with E-state index >= 15 is 0 Å². The molecule has 5 nitrogen and oxygen atoms in total. The van der Waals surface area contributed by atoms with E-state index in [4.69, 9.17) is 0 Å². The Morgan fingerprint density at radius 3 is 2.08 bits per heavy atom. The summed E-state index contributed by atoms with van der Waals surface area (Å²) >= 11 is 0. The van der Waals surface area contributed by atoms with Crippen molar-refractivity contribution in [3.63, 3.8) is 0 Å². The molecule has 0 aliphatic heterocycles. The number of rotatable bonds is 6. The predicted molar refractivity (Wildman–Crippen MR) is 95.3 cm³/mol. The average Bonchev–Trinajstić information content (AvgIpc) is 2.62. The zero-order valence-electron chi connectivity index (χ0n) is 12.9. The van der Waals surface area contributed by atoms with E-state index in [1.165, 1.54) is 0 Å². The molecule has 0 fully saturated rings. The minimum absolute atomic E-state index is 0.241. The van der Waals surface area contributed by atoms with E-state index in [-0.39, 0.29) is 4.90 Å². The third-order valence-corrected chi connectivity index (χ3v) is 4.83. The van der Waals surface area contributed by atoms with Crippen LogP contribution >= 0.6 is 0 Å². The molecular formula is C18H17N3O2S. The number of nitrogens with one attached hydrogen (secondary N) is 2. The van der Waals surface area contributed by atoms with Gasteiger partial charge in [-0.15, -0.1) is 0 Å². The molecule has 1 aromatic heterocycles. The predicted octanol–water partition coefficient (Wildman–Crippen LogP) is 3.49. The van der Waals surface area contributed by atoms with E-state index < -0.39 is 10.0 Å². The molecule has 0 amide bonds. The van der Waals surface area contributed by atoms with Crippen LogP contribution in [0.4, 0.5) is 11.4 Å². The summed E-state index contributed by atoms with van der Waals surface area (Å²) in [6, 6.07) is 19.3. The molecule has 0 saturated carbocycles. The molecule has 0 aliphatic rings. The molecule has 0 atom stereocenters. The molecule has 0 radical (unpaired) electrons. The van der Waals surface area contributed by atoms with Crippen LogP contribution in [0.5, 0.6) is 0 Å². The first-order chi connectivity index (χ1) is 11.6. The Kier molecular flexibility index (Phi) is 4.77. The monoisotopic (exact) mass is 339 g/mol. The second-order valence-corrected chi connectivity index (χ2v) is 6.89. The summed E-state index contributed by atoms with van der Waals surface area (Å²) in [5, 5.41) is 3.28. The molecule has 0 aliphatic carbocycles. The zero-order valence-corrected chi connectivity index (χ0v) is 13.7. The van der Waals surface area contributed by atoms with Crippen LogP contribution < -0.4 is 10.0 Å². The van der Waals surface area contributed by atoms with E-state index in [0.717, 1.165) is 11.3 Å². The van der Waals surface area contributed by atoms with Crippen molar-refractivity contribution in [3.05, 3.63) is 84.7 Å². The highest BCUT2D eigenvalue weighted by Gasteiger charge is 2.13. The SMILES string of the molecule is O=S(=O)(Nc1ccc(NCc2ccncc2)cc1)c1ccccc1. The number of pyridine rings is 1. The summed E-state index contributed by atoms with van der Waals surface area (Å²) in [5.41, 5.74) is 2.56. The van der Waals surface area contributed by atoms with Gasteiger partial charge in [0.05, 0.1) is 4.90 Å². The summed E-state index contributed by atoms with van der Waals surface area (Å²) in [6.45, 7) is 0.678. The second-order valence-electron chi connectivity index (χ2n) is 5.20. The summed E-state index contributed by atoms with van der Waals surface area (Å²) < 4.78 is 27.1. The number of anilines is 2. The van der Waals surface area contributed by atoms with Crippen molar-refractivity contribution in [3.8, 4) is 0 Å². The number of aromatic nitrogens is 1. The fraction of sp³-hybridized carbons (Fsp3) is 0.0556. The van der Waals surface area contributed by atoms with Gasteiger partial charge in [0.2, 0.25) is 0 Å². The van der Waals surface area contributed by atoms with Gasteiger partial charge >= 0.3 is 0 Å². The van der Waals surface area contributed by atoms with E-state index in [1.807, 2.05) is 24.3 Å². The summed E-state index contributed by atoms with van der Waals surface area (Å²) in [4.78, 5) is 4.22. The minimum atomic E-state index is -3.56. The highest BCUT2D eigenvalue weighted by atomic mass is 32.2. The highest BCUT2D eigenvalue weighted by molar-refractivity contribution is 7.92. The highest BCUT2D eigenvalue weighted by Crippen LogP contribution is 2.18. The van der Waals surface area contributed by atoms with Gasteiger partial charge in [0.1, 0.15) is 0 Å². The van der Waals surface area contributed by atoms with Gasteiger partial charge in [0, 0.05) is 30.3 Å². The van der Waals surface area contributed by atoms with Crippen LogP contribution in [0.3, 0.4) is 0 Å². The van der Waals surface area contributed by atoms with Crippen LogP contribution in [-0.4, -0.2) is 13.4 Å². The molecule has 6 heteroatoms. The first-order valence-electron chi connectivity index (χ1n) is 7.44. The van der Waals surface area contributed by atoms with E-state index in [9.17, 15) is 8.42 Å². The molecule has 0 unspecified atom stereocenters. The number of nitrogens with zero attached hydrogens (tertiary/aromatic N) is 1. The molecule has 0 spiro atoms. The Hall–Kier alpha value is -2.86. The summed E-state index contributed by atoms with van der Waals surface area (Å²) in [6.07, 6.45) is 3.50. The summed E-state index contributed by atoms with van der Waals surface area (Å²) in [5.74, 6) is 0. The molecule has 3 rings (SSSR count). The first-order valence-corrected chi connectivity index (χ1v) is 8.92. The average molecular weight is 339 g/mol. The smallest absolute Gasteiger partial charge is 0.261 e. The summed E-state index contributed by atoms with van der Waals surface area (Å²) in [7, 11) is -3.56. The molecular weight excluding hydrogens is 322 g/mol. The number of sulfonamides is 1. The van der Waals surface area contributed by atoms with E-state index in [2.05, 4.69) is 15.0 Å². The Morgan fingerprint density at radius 2 is 1.42 bits per heavy atom. The van der Waals surface area contributed by atoms with Gasteiger partial charge in [-0.25, -0.2) is 8.42 Å². The lowest BCUT2D eigenvalue weighted by molar-refractivity contribution is 0.601. The van der Waals surface area contributed by atoms with Crippen molar-refractivity contribution in [2.75, 3.05) is 10.0 Å². The van der Waals surface area contributed by atoms with Gasteiger partial charge in [-0.2, -0.15) is 0 Å². The molecule has 122 valence electrons. The first kappa shape index (κ1) is 16.0. The zero-order chi connectivity index (χ0) is 16.8. The van der Waals surface area contributed by atoms with Crippen LogP contribution in [0.2, 0.25) is 0 Å². The normalized spacial score (nSPS) is 11.0. The Labute approximate surface area is 141 Å². The van der Waals surface area contributed by atoms with Gasteiger partial charge in [-0.05, 0) is 54.1 Å². The Morgan fingerprint density at radius 1 is 0.792 bits per heavy atom. The van der Waals surface area contributed by atoms with Gasteiger partial charge in [0.15, 0.2) is 0 Å². The van der Waals surface area contributed by atoms with Crippen molar-refractivity contribution in [2.45, 2.75) is 11.4 Å². The lowest BCUT2D eigenvalue weighted by Gasteiger charge is -2.10. The molecule has 3 aromatic rings. The van der Waals surface area contributed by atoms with Crippen LogP contribution in [0.1, 0.15) is 5.56 Å². The molecule has 24 heavy (non-hydrogen) atoms. The standard InChI is InChI=1S/C18H17N3O2S/c22-24(23,18-4-2-1-3-5-18)21-17-8-6-16(7-9-17)20-14-15-10-12-19-13-11-15/h1-13,20-21H,14H2. The van der Waals surface area contributed by atoms with Crippen molar-refractivity contribution in [1.29, 1.82) is 0 Å². The fourth-order valence-corrected chi connectivity index (χ4v) is 3.25. The van der Waals surface area contributed by atoms with Crippen LogP contribution in [0.25, 0.3) is 0 Å². The second kappa shape index (κ2) is 7.14. The van der Waals surface area contributed by atoms with Gasteiger partial charge in [0.25, 0.3) is 10.0 Å². The molecule has 1 heterocycles. The lowest BCUT2D eigenvalue weighted by atomic mass is 10.2. The van der Waals surface area contributed by atoms with Crippen LogP contribution in [-0.2, 0) is 16.6 Å². The molecule has 2 N–H and O–H groups in total. The maximum absolute atomic E-state index is 12.3. The van der Waals surface area contributed by atoms with Gasteiger partial charge in [-0.3, -0.25) is 9.71 Å². The van der Waals surface area contributed by atoms with E-state index in [0.29, 0.717) is 12.2 Å². The Bertz CT molecular complexity index is 881. The largest absolute Gasteiger partial charge is 0.381 e. The maximum Gasteiger partial charge on any atom is 0.261 e. The third-order valence-electron chi connectivity index (χ3n) is 3.44. The van der Waals surface area contributed by atoms with Crippen LogP contribution in [0.15, 0.2) is 84.0 Å². The number of benzene rings is 2. The molecule has 0 saturated heterocycles. The topological polar surface area (TPSA) is 71.1 Å². The van der Waals surface area contributed by atoms with Crippen molar-refractivity contribution in [2.24, 2.45) is 0 Å². The lowest BCUT2D eigenvalue weighted by Crippen LogP contribution is -2.12. The van der Waals surface area contributed by atoms with Crippen molar-refractivity contribution >= 4 is 21.4 Å². The maximum atomic E-state index is 12.3. The Balaban J connectivity index is 1.64. The number of hydrogen-bond donors (Lipinski definition) is 2. The molecule has 0 bridgehead atoms. The van der Waals surface area contributed by atoms with E-state index in [1.54, 1.807) is 54.9 Å². The van der Waals surface area contributed by atoms with Gasteiger partial charge in [-0.1, -0.05) is 18.2 Å². The van der Waals surface area contributed by atoms with Crippen LogP contribution in [0, 0.1) is 0 Å². The van der Waals surface area contributed by atoms with Crippen molar-refractivity contribution < 1.29 is 8.42 Å². The van der Waals surface area contributed by atoms with Crippen molar-refractivity contribution in [1.82, 2.24) is 4.98 Å². The van der Waals surface area contributed by atoms with Gasteiger partial charge < -0.3 is 5.32 Å².